The van der Waals surface area contributed by atoms with Gasteiger partial charge in [-0.05, 0) is 60.7 Å². The Labute approximate surface area is 164 Å². The number of thiophene rings is 2. The molecule has 0 unspecified atom stereocenters. The van der Waals surface area contributed by atoms with Gasteiger partial charge in [0.15, 0.2) is 12.6 Å². The molecular formula is C21H15NO3S2. The van der Waals surface area contributed by atoms with Crippen molar-refractivity contribution in [1.29, 1.82) is 0 Å². The molecule has 0 fully saturated rings. The molecule has 0 spiro atoms. The first-order chi connectivity index (χ1) is 13.2. The van der Waals surface area contributed by atoms with Crippen LogP contribution in [0.4, 0.5) is 0 Å². The highest BCUT2D eigenvalue weighted by molar-refractivity contribution is 7.17. The molecule has 0 amide bonds. The van der Waals surface area contributed by atoms with Crippen LogP contribution < -0.4 is 4.74 Å². The lowest BCUT2D eigenvalue weighted by molar-refractivity contribution is 0.111. The highest BCUT2D eigenvalue weighted by Crippen LogP contribution is 2.37. The number of rotatable bonds is 6. The largest absolute Gasteiger partial charge is 0.497 e. The minimum atomic E-state index is 0.688. The van der Waals surface area contributed by atoms with Crippen LogP contribution in [0.5, 0.6) is 5.75 Å². The zero-order valence-corrected chi connectivity index (χ0v) is 16.0. The minimum Gasteiger partial charge on any atom is -0.497 e. The Morgan fingerprint density at radius 1 is 0.741 bits per heavy atom. The van der Waals surface area contributed by atoms with Gasteiger partial charge in [-0.25, -0.2) is 0 Å². The molecule has 4 rings (SSSR count). The van der Waals surface area contributed by atoms with Crippen molar-refractivity contribution in [2.75, 3.05) is 7.11 Å². The lowest BCUT2D eigenvalue weighted by atomic mass is 10.2. The molecule has 0 saturated heterocycles. The van der Waals surface area contributed by atoms with E-state index >= 15 is 0 Å². The molecular weight excluding hydrogens is 378 g/mol. The van der Waals surface area contributed by atoms with Crippen LogP contribution in [0.3, 0.4) is 0 Å². The summed E-state index contributed by atoms with van der Waals surface area (Å²) in [6.45, 7) is 0. The Morgan fingerprint density at radius 3 is 1.67 bits per heavy atom. The van der Waals surface area contributed by atoms with Gasteiger partial charge in [-0.15, -0.1) is 22.7 Å². The van der Waals surface area contributed by atoms with Crippen molar-refractivity contribution in [3.63, 3.8) is 0 Å². The molecule has 6 heteroatoms. The SMILES string of the molecule is COc1ccc(-n2c(-c3ccc(C=O)s3)ccc2-c2ccc(C=O)s2)cc1. The first kappa shape index (κ1) is 17.5. The number of carbonyl (C=O) groups is 2. The number of benzene rings is 1. The normalized spacial score (nSPS) is 10.7. The van der Waals surface area contributed by atoms with E-state index in [1.807, 2.05) is 60.7 Å². The van der Waals surface area contributed by atoms with Crippen LogP contribution in [0.25, 0.3) is 26.8 Å². The fraction of sp³-hybridized carbons (Fsp3) is 0.0476. The number of methoxy groups -OCH3 is 1. The first-order valence-corrected chi connectivity index (χ1v) is 9.83. The van der Waals surface area contributed by atoms with Gasteiger partial charge in [0.1, 0.15) is 5.75 Å². The molecule has 4 nitrogen and oxygen atoms in total. The molecule has 0 aliphatic carbocycles. The predicted octanol–water partition coefficient (Wildman–Crippen LogP) is 5.57. The summed E-state index contributed by atoms with van der Waals surface area (Å²) in [5.41, 5.74) is 2.97. The molecule has 0 atom stereocenters. The molecule has 4 aromatic rings. The molecule has 27 heavy (non-hydrogen) atoms. The van der Waals surface area contributed by atoms with E-state index in [0.717, 1.165) is 45.2 Å². The van der Waals surface area contributed by atoms with Gasteiger partial charge in [0, 0.05) is 5.69 Å². The third-order valence-electron chi connectivity index (χ3n) is 4.20. The summed E-state index contributed by atoms with van der Waals surface area (Å²) in [5.74, 6) is 0.785. The van der Waals surface area contributed by atoms with Crippen molar-refractivity contribution < 1.29 is 14.3 Å². The molecule has 3 aromatic heterocycles. The number of aromatic nitrogens is 1. The zero-order chi connectivity index (χ0) is 18.8. The maximum Gasteiger partial charge on any atom is 0.160 e. The molecule has 0 bridgehead atoms. The van der Waals surface area contributed by atoms with Crippen molar-refractivity contribution in [3.05, 3.63) is 70.4 Å². The van der Waals surface area contributed by atoms with E-state index in [0.29, 0.717) is 9.75 Å². The molecule has 3 heterocycles. The van der Waals surface area contributed by atoms with Gasteiger partial charge in [0.05, 0.1) is 38.0 Å². The topological polar surface area (TPSA) is 48.3 Å². The summed E-state index contributed by atoms with van der Waals surface area (Å²) in [4.78, 5) is 25.6. The molecule has 0 saturated carbocycles. The Hall–Kier alpha value is -2.96. The summed E-state index contributed by atoms with van der Waals surface area (Å²) in [7, 11) is 1.64. The van der Waals surface area contributed by atoms with E-state index in [9.17, 15) is 9.59 Å². The highest BCUT2D eigenvalue weighted by Gasteiger charge is 2.16. The summed E-state index contributed by atoms with van der Waals surface area (Å²) < 4.78 is 7.41. The second kappa shape index (κ2) is 7.34. The molecule has 1 aromatic carbocycles. The van der Waals surface area contributed by atoms with Crippen molar-refractivity contribution in [2.45, 2.75) is 0 Å². The van der Waals surface area contributed by atoms with Crippen LogP contribution in [0.1, 0.15) is 19.3 Å². The van der Waals surface area contributed by atoms with Gasteiger partial charge in [-0.2, -0.15) is 0 Å². The van der Waals surface area contributed by atoms with Crippen LogP contribution in [0.15, 0.2) is 60.7 Å². The average Bonchev–Trinajstić information content (AvgIpc) is 3.45. The van der Waals surface area contributed by atoms with Gasteiger partial charge >= 0.3 is 0 Å². The standard InChI is InChI=1S/C21H15NO3S2/c1-25-15-4-2-14(3-5-15)22-18(20-10-6-16(12-23)26-20)8-9-19(22)21-11-7-17(13-24)27-21/h2-13H,1H3. The van der Waals surface area contributed by atoms with Crippen molar-refractivity contribution in [2.24, 2.45) is 0 Å². The average molecular weight is 393 g/mol. The number of hydrogen-bond acceptors (Lipinski definition) is 5. The first-order valence-electron chi connectivity index (χ1n) is 8.20. The lowest BCUT2D eigenvalue weighted by Gasteiger charge is -2.13. The number of nitrogens with zero attached hydrogens (tertiary/aromatic N) is 1. The third-order valence-corrected chi connectivity index (χ3v) is 6.27. The predicted molar refractivity (Wildman–Crippen MR) is 110 cm³/mol. The summed E-state index contributed by atoms with van der Waals surface area (Å²) >= 11 is 2.91. The maximum absolute atomic E-state index is 11.1. The number of ether oxygens (including phenoxy) is 1. The number of hydrogen-bond donors (Lipinski definition) is 0. The number of aldehydes is 2. The van der Waals surface area contributed by atoms with Gasteiger partial charge in [-0.3, -0.25) is 9.59 Å². The van der Waals surface area contributed by atoms with Gasteiger partial charge in [0.2, 0.25) is 0 Å². The van der Waals surface area contributed by atoms with Gasteiger partial charge in [-0.1, -0.05) is 0 Å². The van der Waals surface area contributed by atoms with E-state index < -0.39 is 0 Å². The number of carbonyl (C=O) groups excluding carboxylic acids is 2. The fourth-order valence-corrected chi connectivity index (χ4v) is 4.61. The molecule has 0 aliphatic heterocycles. The smallest absolute Gasteiger partial charge is 0.160 e. The van der Waals surface area contributed by atoms with Crippen LogP contribution in [0.2, 0.25) is 0 Å². The van der Waals surface area contributed by atoms with Gasteiger partial charge in [0.25, 0.3) is 0 Å². The Morgan fingerprint density at radius 2 is 1.26 bits per heavy atom. The van der Waals surface area contributed by atoms with Crippen LogP contribution >= 0.6 is 22.7 Å². The van der Waals surface area contributed by atoms with Crippen molar-refractivity contribution >= 4 is 35.2 Å². The fourth-order valence-electron chi connectivity index (χ4n) is 2.94. The van der Waals surface area contributed by atoms with Gasteiger partial charge < -0.3 is 9.30 Å². The summed E-state index contributed by atoms with van der Waals surface area (Å²) in [6, 6.07) is 19.5. The van der Waals surface area contributed by atoms with Crippen LogP contribution in [-0.2, 0) is 0 Å². The molecule has 0 radical (unpaired) electrons. The van der Waals surface area contributed by atoms with E-state index in [2.05, 4.69) is 4.57 Å². The molecule has 0 aliphatic rings. The van der Waals surface area contributed by atoms with E-state index in [1.54, 1.807) is 7.11 Å². The zero-order valence-electron chi connectivity index (χ0n) is 14.4. The second-order valence-electron chi connectivity index (χ2n) is 5.78. The van der Waals surface area contributed by atoms with Crippen LogP contribution in [0, 0.1) is 0 Å². The molecule has 134 valence electrons. The molecule has 0 N–H and O–H groups in total. The Kier molecular flexibility index (Phi) is 4.75. The maximum atomic E-state index is 11.1. The minimum absolute atomic E-state index is 0.688. The van der Waals surface area contributed by atoms with Crippen molar-refractivity contribution in [1.82, 2.24) is 4.57 Å². The summed E-state index contributed by atoms with van der Waals surface area (Å²) in [6.07, 6.45) is 1.73. The lowest BCUT2D eigenvalue weighted by Crippen LogP contribution is -1.98. The quantitative estimate of drug-likeness (QED) is 0.403. The van der Waals surface area contributed by atoms with E-state index in [4.69, 9.17) is 4.74 Å². The highest BCUT2D eigenvalue weighted by atomic mass is 32.1. The second-order valence-corrected chi connectivity index (χ2v) is 8.01. The van der Waals surface area contributed by atoms with E-state index in [-0.39, 0.29) is 0 Å². The Balaban J connectivity index is 1.91. The van der Waals surface area contributed by atoms with E-state index in [1.165, 1.54) is 22.7 Å². The third kappa shape index (κ3) is 3.25. The monoisotopic (exact) mass is 393 g/mol. The summed E-state index contributed by atoms with van der Waals surface area (Å²) in [5, 5.41) is 0. The van der Waals surface area contributed by atoms with Crippen LogP contribution in [-0.4, -0.2) is 24.2 Å². The Bertz CT molecular complexity index is 1040. The van der Waals surface area contributed by atoms with Crippen molar-refractivity contribution in [3.8, 4) is 32.6 Å².